The van der Waals surface area contributed by atoms with E-state index < -0.39 is 15.3 Å². The predicted octanol–water partition coefficient (Wildman–Crippen LogP) is -0.425. The lowest BCUT2D eigenvalue weighted by atomic mass is 10.4. The Bertz CT molecular complexity index is 498. The highest BCUT2D eigenvalue weighted by Gasteiger charge is 2.36. The van der Waals surface area contributed by atoms with Crippen LogP contribution in [-0.4, -0.2) is 42.5 Å². The first-order valence-electron chi connectivity index (χ1n) is 5.14. The topological polar surface area (TPSA) is 93.4 Å². The third kappa shape index (κ3) is 3.02. The fourth-order valence-electron chi connectivity index (χ4n) is 1.78. The molecule has 6 nitrogen and oxygen atoms in total. The summed E-state index contributed by atoms with van der Waals surface area (Å²) in [5.41, 5.74) is 0. The summed E-state index contributed by atoms with van der Waals surface area (Å²) >= 11 is 1.52. The molecule has 8 heteroatoms. The van der Waals surface area contributed by atoms with Crippen molar-refractivity contribution in [1.29, 1.82) is 0 Å². The second-order valence-electron chi connectivity index (χ2n) is 3.93. The number of primary sulfonamides is 1. The molecule has 2 heterocycles. The molecule has 1 aromatic heterocycles. The summed E-state index contributed by atoms with van der Waals surface area (Å²) in [5.74, 6) is -0.152. The Kier molecular flexibility index (Phi) is 3.45. The highest BCUT2D eigenvalue weighted by molar-refractivity contribution is 7.89. The van der Waals surface area contributed by atoms with Crippen molar-refractivity contribution in [2.75, 3.05) is 13.1 Å². The molecule has 1 atom stereocenters. The van der Waals surface area contributed by atoms with E-state index in [1.54, 1.807) is 6.20 Å². The van der Waals surface area contributed by atoms with Gasteiger partial charge in [0.25, 0.3) is 0 Å². The van der Waals surface area contributed by atoms with Gasteiger partial charge in [0.15, 0.2) is 0 Å². The van der Waals surface area contributed by atoms with Gasteiger partial charge in [-0.15, -0.1) is 11.3 Å². The Hall–Kier alpha value is -0.990. The van der Waals surface area contributed by atoms with Crippen LogP contribution in [0.4, 0.5) is 0 Å². The molecular weight excluding hydrogens is 262 g/mol. The number of nitrogens with zero attached hydrogens (tertiary/aromatic N) is 2. The van der Waals surface area contributed by atoms with E-state index in [9.17, 15) is 13.2 Å². The van der Waals surface area contributed by atoms with Gasteiger partial charge in [-0.1, -0.05) is 0 Å². The molecule has 2 rings (SSSR count). The Labute approximate surface area is 103 Å². The number of thiazole rings is 1. The fraction of sp³-hybridized carbons (Fsp3) is 0.556. The van der Waals surface area contributed by atoms with Crippen LogP contribution in [0, 0.1) is 0 Å². The summed E-state index contributed by atoms with van der Waals surface area (Å²) in [6.45, 7) is 0.696. The van der Waals surface area contributed by atoms with Gasteiger partial charge < -0.3 is 4.90 Å². The fourth-order valence-corrected chi connectivity index (χ4v) is 3.15. The van der Waals surface area contributed by atoms with E-state index in [4.69, 9.17) is 5.14 Å². The van der Waals surface area contributed by atoms with Crippen LogP contribution in [0.15, 0.2) is 11.6 Å². The highest BCUT2D eigenvalue weighted by atomic mass is 32.2. The van der Waals surface area contributed by atoms with Crippen molar-refractivity contribution in [3.05, 3.63) is 16.6 Å². The Morgan fingerprint density at radius 1 is 1.59 bits per heavy atom. The quantitative estimate of drug-likeness (QED) is 0.807. The molecule has 0 radical (unpaired) electrons. The first-order valence-corrected chi connectivity index (χ1v) is 7.63. The van der Waals surface area contributed by atoms with Crippen molar-refractivity contribution in [2.24, 2.45) is 5.14 Å². The lowest BCUT2D eigenvalue weighted by Gasteiger charge is -2.14. The number of likely N-dealkylation sites (tertiary alicyclic amines) is 1. The molecule has 1 aromatic rings. The van der Waals surface area contributed by atoms with Crippen LogP contribution in [-0.2, 0) is 21.2 Å². The second-order valence-corrected chi connectivity index (χ2v) is 6.75. The van der Waals surface area contributed by atoms with Crippen molar-refractivity contribution in [3.8, 4) is 0 Å². The van der Waals surface area contributed by atoms with Crippen LogP contribution in [0.5, 0.6) is 0 Å². The zero-order chi connectivity index (χ0) is 12.5. The van der Waals surface area contributed by atoms with Crippen molar-refractivity contribution in [3.63, 3.8) is 0 Å². The Morgan fingerprint density at radius 3 is 2.88 bits per heavy atom. The van der Waals surface area contributed by atoms with E-state index in [1.165, 1.54) is 16.2 Å². The number of carbonyl (C=O) groups excluding carboxylic acids is 1. The minimum atomic E-state index is -3.62. The van der Waals surface area contributed by atoms with Gasteiger partial charge in [-0.25, -0.2) is 18.5 Å². The van der Waals surface area contributed by atoms with Gasteiger partial charge in [-0.2, -0.15) is 0 Å². The first kappa shape index (κ1) is 12.5. The van der Waals surface area contributed by atoms with Gasteiger partial charge in [0.05, 0.1) is 5.01 Å². The monoisotopic (exact) mass is 275 g/mol. The van der Waals surface area contributed by atoms with Crippen LogP contribution in [0.25, 0.3) is 0 Å². The third-order valence-corrected chi connectivity index (χ3v) is 4.81. The van der Waals surface area contributed by atoms with E-state index >= 15 is 0 Å². The van der Waals surface area contributed by atoms with Gasteiger partial charge in [-0.05, 0) is 0 Å². The maximum Gasteiger partial charge on any atom is 0.224 e. The lowest BCUT2D eigenvalue weighted by molar-refractivity contribution is -0.127. The molecule has 1 fully saturated rings. The molecule has 0 spiro atoms. The van der Waals surface area contributed by atoms with E-state index in [0.717, 1.165) is 5.01 Å². The van der Waals surface area contributed by atoms with Crippen molar-refractivity contribution in [1.82, 2.24) is 9.88 Å². The maximum absolute atomic E-state index is 11.6. The van der Waals surface area contributed by atoms with Crippen molar-refractivity contribution in [2.45, 2.75) is 18.1 Å². The summed E-state index contributed by atoms with van der Waals surface area (Å²) in [5, 5.41) is 7.09. The molecule has 0 bridgehead atoms. The van der Waals surface area contributed by atoms with Gasteiger partial charge >= 0.3 is 0 Å². The molecular formula is C9H13N3O3S2. The molecule has 1 unspecified atom stereocenters. The largest absolute Gasteiger partial charge is 0.341 e. The van der Waals surface area contributed by atoms with Crippen LogP contribution < -0.4 is 5.14 Å². The number of hydrogen-bond acceptors (Lipinski definition) is 5. The standard InChI is InChI=1S/C9H13N3O3S2/c10-17(14,15)7-5-9(13)12(6-7)3-1-8-11-2-4-16-8/h2,4,7H,1,3,5-6H2,(H2,10,14,15). The summed E-state index contributed by atoms with van der Waals surface area (Å²) in [4.78, 5) is 17.2. The first-order chi connectivity index (χ1) is 7.97. The molecule has 1 amide bonds. The molecule has 0 saturated carbocycles. The number of hydrogen-bond donors (Lipinski definition) is 1. The molecule has 94 valence electrons. The lowest BCUT2D eigenvalue weighted by Crippen LogP contribution is -2.33. The molecule has 1 aliphatic rings. The normalized spacial score (nSPS) is 21.1. The average Bonchev–Trinajstić information content (AvgIpc) is 2.83. The smallest absolute Gasteiger partial charge is 0.224 e. The van der Waals surface area contributed by atoms with Gasteiger partial charge in [0.1, 0.15) is 5.25 Å². The van der Waals surface area contributed by atoms with Gasteiger partial charge in [0, 0.05) is 37.5 Å². The highest BCUT2D eigenvalue weighted by Crippen LogP contribution is 2.17. The summed E-state index contributed by atoms with van der Waals surface area (Å²) in [7, 11) is -3.62. The summed E-state index contributed by atoms with van der Waals surface area (Å²) in [6, 6.07) is 0. The number of sulfonamides is 1. The minimum absolute atomic E-state index is 0.00327. The van der Waals surface area contributed by atoms with Gasteiger partial charge in [-0.3, -0.25) is 4.79 Å². The van der Waals surface area contributed by atoms with E-state index in [2.05, 4.69) is 4.98 Å². The summed E-state index contributed by atoms with van der Waals surface area (Å²) < 4.78 is 22.3. The maximum atomic E-state index is 11.6. The van der Waals surface area contributed by atoms with Crippen LogP contribution in [0.1, 0.15) is 11.4 Å². The van der Waals surface area contributed by atoms with E-state index in [0.29, 0.717) is 13.0 Å². The zero-order valence-corrected chi connectivity index (χ0v) is 10.7. The Balaban J connectivity index is 1.93. The minimum Gasteiger partial charge on any atom is -0.341 e. The summed E-state index contributed by atoms with van der Waals surface area (Å²) in [6.07, 6.45) is 2.36. The number of amides is 1. The predicted molar refractivity (Wildman–Crippen MR) is 63.9 cm³/mol. The average molecular weight is 275 g/mol. The van der Waals surface area contributed by atoms with Crippen LogP contribution in [0.3, 0.4) is 0 Å². The molecule has 1 aliphatic heterocycles. The Morgan fingerprint density at radius 2 is 2.35 bits per heavy atom. The number of rotatable bonds is 4. The van der Waals surface area contributed by atoms with Crippen molar-refractivity contribution >= 4 is 27.3 Å². The molecule has 1 saturated heterocycles. The molecule has 2 N–H and O–H groups in total. The zero-order valence-electron chi connectivity index (χ0n) is 9.07. The SMILES string of the molecule is NS(=O)(=O)C1CC(=O)N(CCc2nccs2)C1. The number of aromatic nitrogens is 1. The molecule has 0 aromatic carbocycles. The van der Waals surface area contributed by atoms with Crippen LogP contribution in [0.2, 0.25) is 0 Å². The van der Waals surface area contributed by atoms with Gasteiger partial charge in [0.2, 0.25) is 15.9 Å². The van der Waals surface area contributed by atoms with Crippen LogP contribution >= 0.6 is 11.3 Å². The van der Waals surface area contributed by atoms with E-state index in [1.807, 2.05) is 5.38 Å². The molecule has 17 heavy (non-hydrogen) atoms. The number of nitrogens with two attached hydrogens (primary N) is 1. The van der Waals surface area contributed by atoms with E-state index in [-0.39, 0.29) is 18.9 Å². The molecule has 0 aliphatic carbocycles. The second kappa shape index (κ2) is 4.71. The van der Waals surface area contributed by atoms with Crippen molar-refractivity contribution < 1.29 is 13.2 Å². The number of carbonyl (C=O) groups is 1. The third-order valence-electron chi connectivity index (χ3n) is 2.72.